The lowest BCUT2D eigenvalue weighted by Crippen LogP contribution is -2.40. The standard InChI is InChI=1S/C12H10BrNO/c1-8-4-9(2-3-11(8)13)12(7-14)5-10(15)6-12/h2-4H,5-6H2,1H3. The van der Waals surface area contributed by atoms with Gasteiger partial charge < -0.3 is 0 Å². The third-order valence-electron chi connectivity index (χ3n) is 2.92. The lowest BCUT2D eigenvalue weighted by molar-refractivity contribution is -0.126. The van der Waals surface area contributed by atoms with E-state index in [-0.39, 0.29) is 5.78 Å². The molecule has 15 heavy (non-hydrogen) atoms. The average molecular weight is 264 g/mol. The molecule has 2 rings (SSSR count). The van der Waals surface area contributed by atoms with Crippen LogP contribution in [-0.4, -0.2) is 5.78 Å². The largest absolute Gasteiger partial charge is 0.300 e. The fraction of sp³-hybridized carbons (Fsp3) is 0.333. The molecule has 1 fully saturated rings. The number of halogens is 1. The van der Waals surface area contributed by atoms with E-state index in [4.69, 9.17) is 5.26 Å². The maximum atomic E-state index is 11.0. The van der Waals surface area contributed by atoms with Crippen LogP contribution in [0.1, 0.15) is 24.0 Å². The topological polar surface area (TPSA) is 40.9 Å². The molecule has 0 spiro atoms. The van der Waals surface area contributed by atoms with Crippen LogP contribution < -0.4 is 0 Å². The Labute approximate surface area is 97.0 Å². The minimum absolute atomic E-state index is 0.178. The second kappa shape index (κ2) is 3.46. The number of ketones is 1. The first-order valence-corrected chi connectivity index (χ1v) is 5.56. The van der Waals surface area contributed by atoms with Gasteiger partial charge in [-0.2, -0.15) is 5.26 Å². The van der Waals surface area contributed by atoms with E-state index in [1.54, 1.807) is 0 Å². The first kappa shape index (κ1) is 10.4. The lowest BCUT2D eigenvalue weighted by Gasteiger charge is -2.34. The molecule has 1 saturated carbocycles. The second-order valence-corrected chi connectivity index (χ2v) is 4.90. The minimum atomic E-state index is -0.553. The number of carbonyl (C=O) groups is 1. The van der Waals surface area contributed by atoms with Crippen molar-refractivity contribution in [3.05, 3.63) is 33.8 Å². The van der Waals surface area contributed by atoms with E-state index < -0.39 is 5.41 Å². The summed E-state index contributed by atoms with van der Waals surface area (Å²) in [5.41, 5.74) is 1.51. The number of hydrogen-bond donors (Lipinski definition) is 0. The summed E-state index contributed by atoms with van der Waals surface area (Å²) in [6, 6.07) is 8.12. The minimum Gasteiger partial charge on any atom is -0.300 e. The molecule has 0 aliphatic heterocycles. The number of hydrogen-bond acceptors (Lipinski definition) is 2. The Balaban J connectivity index is 2.42. The third-order valence-corrected chi connectivity index (χ3v) is 3.81. The molecule has 1 aromatic carbocycles. The number of aryl methyl sites for hydroxylation is 1. The van der Waals surface area contributed by atoms with Crippen LogP contribution in [0.5, 0.6) is 0 Å². The summed E-state index contributed by atoms with van der Waals surface area (Å²) in [5.74, 6) is 0.178. The maximum Gasteiger partial charge on any atom is 0.136 e. The van der Waals surface area contributed by atoms with Crippen LogP contribution >= 0.6 is 15.9 Å². The number of nitrogens with zero attached hydrogens (tertiary/aromatic N) is 1. The molecule has 0 unspecified atom stereocenters. The quantitative estimate of drug-likeness (QED) is 0.782. The number of rotatable bonds is 1. The summed E-state index contributed by atoms with van der Waals surface area (Å²) >= 11 is 3.42. The molecule has 3 heteroatoms. The highest BCUT2D eigenvalue weighted by Crippen LogP contribution is 2.41. The smallest absolute Gasteiger partial charge is 0.136 e. The third kappa shape index (κ3) is 1.59. The van der Waals surface area contributed by atoms with Crippen molar-refractivity contribution in [1.82, 2.24) is 0 Å². The van der Waals surface area contributed by atoms with Crippen LogP contribution in [0.15, 0.2) is 22.7 Å². The molecule has 0 amide bonds. The highest BCUT2D eigenvalue weighted by Gasteiger charge is 2.45. The predicted molar refractivity (Wildman–Crippen MR) is 60.4 cm³/mol. The van der Waals surface area contributed by atoms with Gasteiger partial charge in [-0.25, -0.2) is 0 Å². The van der Waals surface area contributed by atoms with Gasteiger partial charge in [0.2, 0.25) is 0 Å². The van der Waals surface area contributed by atoms with Crippen molar-refractivity contribution in [1.29, 1.82) is 5.26 Å². The monoisotopic (exact) mass is 263 g/mol. The molecule has 0 N–H and O–H groups in total. The van der Waals surface area contributed by atoms with E-state index in [0.29, 0.717) is 12.8 Å². The highest BCUT2D eigenvalue weighted by molar-refractivity contribution is 9.10. The molecule has 0 aromatic heterocycles. The fourth-order valence-electron chi connectivity index (χ4n) is 1.91. The normalized spacial score (nSPS) is 18.1. The average Bonchev–Trinajstić information content (AvgIpc) is 2.17. The van der Waals surface area contributed by atoms with Crippen LogP contribution in [-0.2, 0) is 10.2 Å². The Bertz CT molecular complexity index is 465. The van der Waals surface area contributed by atoms with E-state index in [1.807, 2.05) is 25.1 Å². The van der Waals surface area contributed by atoms with E-state index in [1.165, 1.54) is 0 Å². The first-order valence-electron chi connectivity index (χ1n) is 4.77. The second-order valence-electron chi connectivity index (χ2n) is 4.05. The molecule has 76 valence electrons. The first-order chi connectivity index (χ1) is 7.07. The number of benzene rings is 1. The Hall–Kier alpha value is -1.14. The number of carbonyl (C=O) groups excluding carboxylic acids is 1. The Morgan fingerprint density at radius 2 is 2.13 bits per heavy atom. The molecular formula is C12H10BrNO. The van der Waals surface area contributed by atoms with Gasteiger partial charge in [-0.15, -0.1) is 0 Å². The van der Waals surface area contributed by atoms with Gasteiger partial charge in [0.05, 0.1) is 11.5 Å². The summed E-state index contributed by atoms with van der Waals surface area (Å²) in [7, 11) is 0. The van der Waals surface area contributed by atoms with Crippen LogP contribution in [0.25, 0.3) is 0 Å². The van der Waals surface area contributed by atoms with Crippen molar-refractivity contribution in [2.45, 2.75) is 25.2 Å². The van der Waals surface area contributed by atoms with Gasteiger partial charge in [0.1, 0.15) is 5.78 Å². The van der Waals surface area contributed by atoms with Gasteiger partial charge in [-0.1, -0.05) is 28.1 Å². The summed E-state index contributed by atoms with van der Waals surface area (Å²) in [5, 5.41) is 9.15. The van der Waals surface area contributed by atoms with E-state index in [2.05, 4.69) is 22.0 Å². The molecule has 0 bridgehead atoms. The number of nitriles is 1. The van der Waals surface area contributed by atoms with Crippen molar-refractivity contribution in [2.75, 3.05) is 0 Å². The zero-order chi connectivity index (χ0) is 11.1. The predicted octanol–water partition coefficient (Wildman–Crippen LogP) is 2.88. The van der Waals surface area contributed by atoms with Crippen LogP contribution in [0, 0.1) is 18.3 Å². The van der Waals surface area contributed by atoms with E-state index in [9.17, 15) is 4.79 Å². The van der Waals surface area contributed by atoms with Gasteiger partial charge in [0.15, 0.2) is 0 Å². The van der Waals surface area contributed by atoms with Gasteiger partial charge in [-0.3, -0.25) is 4.79 Å². The molecule has 0 saturated heterocycles. The van der Waals surface area contributed by atoms with Gasteiger partial charge in [0.25, 0.3) is 0 Å². The van der Waals surface area contributed by atoms with Gasteiger partial charge >= 0.3 is 0 Å². The van der Waals surface area contributed by atoms with Crippen molar-refractivity contribution in [3.8, 4) is 6.07 Å². The van der Waals surface area contributed by atoms with Crippen molar-refractivity contribution >= 4 is 21.7 Å². The summed E-state index contributed by atoms with van der Waals surface area (Å²) < 4.78 is 1.03. The van der Waals surface area contributed by atoms with Gasteiger partial charge in [-0.05, 0) is 24.1 Å². The van der Waals surface area contributed by atoms with Crippen molar-refractivity contribution < 1.29 is 4.79 Å². The molecular weight excluding hydrogens is 254 g/mol. The van der Waals surface area contributed by atoms with Crippen molar-refractivity contribution in [2.24, 2.45) is 0 Å². The zero-order valence-corrected chi connectivity index (χ0v) is 9.97. The van der Waals surface area contributed by atoms with Crippen LogP contribution in [0.3, 0.4) is 0 Å². The number of Topliss-reactive ketones (excluding diaryl/α,β-unsaturated/α-hetero) is 1. The summed E-state index contributed by atoms with van der Waals surface area (Å²) in [4.78, 5) is 11.0. The molecule has 0 radical (unpaired) electrons. The SMILES string of the molecule is Cc1cc(C2(C#N)CC(=O)C2)ccc1Br. The Morgan fingerprint density at radius 1 is 1.47 bits per heavy atom. The summed E-state index contributed by atoms with van der Waals surface area (Å²) in [6.07, 6.45) is 0.731. The molecule has 0 heterocycles. The molecule has 2 nitrogen and oxygen atoms in total. The Kier molecular flexibility index (Phi) is 2.40. The molecule has 1 aromatic rings. The zero-order valence-electron chi connectivity index (χ0n) is 8.38. The molecule has 1 aliphatic carbocycles. The fourth-order valence-corrected chi connectivity index (χ4v) is 2.16. The Morgan fingerprint density at radius 3 is 2.60 bits per heavy atom. The molecule has 1 aliphatic rings. The maximum absolute atomic E-state index is 11.0. The van der Waals surface area contributed by atoms with E-state index in [0.717, 1.165) is 15.6 Å². The lowest BCUT2D eigenvalue weighted by atomic mass is 9.64. The van der Waals surface area contributed by atoms with E-state index >= 15 is 0 Å². The summed E-state index contributed by atoms with van der Waals surface area (Å²) in [6.45, 7) is 1.99. The highest BCUT2D eigenvalue weighted by atomic mass is 79.9. The van der Waals surface area contributed by atoms with Crippen molar-refractivity contribution in [3.63, 3.8) is 0 Å². The van der Waals surface area contributed by atoms with Gasteiger partial charge in [0, 0.05) is 17.3 Å². The van der Waals surface area contributed by atoms with Crippen LogP contribution in [0.2, 0.25) is 0 Å². The molecule has 0 atom stereocenters. The van der Waals surface area contributed by atoms with Crippen LogP contribution in [0.4, 0.5) is 0 Å².